The van der Waals surface area contributed by atoms with Crippen LogP contribution in [0.4, 0.5) is 5.69 Å². The predicted molar refractivity (Wildman–Crippen MR) is 161 cm³/mol. The first kappa shape index (κ1) is 31.4. The Hall–Kier alpha value is -3.08. The van der Waals surface area contributed by atoms with E-state index in [2.05, 4.69) is 21.2 Å². The molecule has 40 heavy (non-hydrogen) atoms. The fourth-order valence-electron chi connectivity index (χ4n) is 3.91. The number of hydrogen-bond acceptors (Lipinski definition) is 5. The van der Waals surface area contributed by atoms with Crippen LogP contribution in [0, 0.1) is 5.92 Å². The molecule has 1 N–H and O–H groups in total. The van der Waals surface area contributed by atoms with E-state index in [0.717, 1.165) is 14.3 Å². The first-order valence-electron chi connectivity index (χ1n) is 12.7. The van der Waals surface area contributed by atoms with E-state index in [0.29, 0.717) is 6.54 Å². The first-order chi connectivity index (χ1) is 18.9. The molecule has 0 saturated heterocycles. The van der Waals surface area contributed by atoms with Gasteiger partial charge in [-0.25, -0.2) is 8.42 Å². The van der Waals surface area contributed by atoms with Gasteiger partial charge in [-0.05, 0) is 60.9 Å². The summed E-state index contributed by atoms with van der Waals surface area (Å²) in [6.07, 6.45) is 0. The van der Waals surface area contributed by atoms with E-state index in [9.17, 15) is 18.0 Å². The second-order valence-corrected chi connectivity index (χ2v) is 12.8. The molecule has 0 spiro atoms. The van der Waals surface area contributed by atoms with Crippen molar-refractivity contribution in [3.05, 3.63) is 87.9 Å². The first-order valence-corrected chi connectivity index (χ1v) is 15.3. The lowest BCUT2D eigenvalue weighted by Crippen LogP contribution is -2.51. The molecule has 0 fully saturated rings. The number of nitrogens with one attached hydrogen (secondary N) is 1. The zero-order valence-electron chi connectivity index (χ0n) is 22.8. The summed E-state index contributed by atoms with van der Waals surface area (Å²) in [5.41, 5.74) is 0.880. The van der Waals surface area contributed by atoms with Crippen LogP contribution in [0.1, 0.15) is 26.3 Å². The molecule has 1 atom stereocenters. The van der Waals surface area contributed by atoms with Crippen LogP contribution in [0.2, 0.25) is 5.02 Å². The molecule has 8 nitrogen and oxygen atoms in total. The number of methoxy groups -OCH3 is 1. The van der Waals surface area contributed by atoms with Crippen LogP contribution in [0.5, 0.6) is 5.75 Å². The average Bonchev–Trinajstić information content (AvgIpc) is 2.94. The van der Waals surface area contributed by atoms with E-state index in [-0.39, 0.29) is 39.7 Å². The maximum absolute atomic E-state index is 14.0. The molecule has 1 unspecified atom stereocenters. The number of rotatable bonds is 12. The molecule has 0 aromatic heterocycles. The van der Waals surface area contributed by atoms with Crippen molar-refractivity contribution in [1.29, 1.82) is 0 Å². The minimum Gasteiger partial charge on any atom is -0.495 e. The smallest absolute Gasteiger partial charge is 0.264 e. The topological polar surface area (TPSA) is 96.0 Å². The van der Waals surface area contributed by atoms with Crippen molar-refractivity contribution in [3.8, 4) is 5.75 Å². The maximum atomic E-state index is 14.0. The average molecular weight is 651 g/mol. The maximum Gasteiger partial charge on any atom is 0.264 e. The summed E-state index contributed by atoms with van der Waals surface area (Å²) in [7, 11) is -2.83. The summed E-state index contributed by atoms with van der Waals surface area (Å²) in [5.74, 6) is -0.471. The van der Waals surface area contributed by atoms with Crippen molar-refractivity contribution >= 4 is 55.1 Å². The number of sulfonamides is 1. The van der Waals surface area contributed by atoms with E-state index < -0.39 is 28.5 Å². The minimum atomic E-state index is -4.24. The molecule has 3 aromatic rings. The highest BCUT2D eigenvalue weighted by Gasteiger charge is 2.34. The van der Waals surface area contributed by atoms with E-state index in [1.54, 1.807) is 31.2 Å². The molecule has 11 heteroatoms. The lowest BCUT2D eigenvalue weighted by molar-refractivity contribution is -0.139. The Morgan fingerprint density at radius 2 is 1.65 bits per heavy atom. The SMILES string of the molecule is COc1ccc(Cl)cc1N(CC(=O)N(Cc1ccc(Br)cc1)C(C)C(=O)NCC(C)C)S(=O)(=O)c1ccccc1. The van der Waals surface area contributed by atoms with Gasteiger partial charge in [-0.2, -0.15) is 0 Å². The Labute approximate surface area is 249 Å². The number of carbonyl (C=O) groups excluding carboxylic acids is 2. The fourth-order valence-corrected chi connectivity index (χ4v) is 5.78. The lowest BCUT2D eigenvalue weighted by Gasteiger charge is -2.32. The number of hydrogen-bond donors (Lipinski definition) is 1. The quantitative estimate of drug-likeness (QED) is 0.280. The van der Waals surface area contributed by atoms with Gasteiger partial charge in [-0.1, -0.05) is 71.7 Å². The number of nitrogens with zero attached hydrogens (tertiary/aromatic N) is 2. The monoisotopic (exact) mass is 649 g/mol. The van der Waals surface area contributed by atoms with E-state index in [4.69, 9.17) is 16.3 Å². The molecule has 214 valence electrons. The van der Waals surface area contributed by atoms with Gasteiger partial charge in [-0.15, -0.1) is 0 Å². The van der Waals surface area contributed by atoms with Gasteiger partial charge in [0.25, 0.3) is 10.0 Å². The van der Waals surface area contributed by atoms with Gasteiger partial charge in [0.1, 0.15) is 18.3 Å². The minimum absolute atomic E-state index is 0.00740. The van der Waals surface area contributed by atoms with Crippen LogP contribution in [0.3, 0.4) is 0 Å². The van der Waals surface area contributed by atoms with Crippen LogP contribution in [0.15, 0.2) is 82.2 Å². The Balaban J connectivity index is 2.06. The van der Waals surface area contributed by atoms with Gasteiger partial charge in [0.05, 0.1) is 17.7 Å². The zero-order valence-corrected chi connectivity index (χ0v) is 26.0. The zero-order chi connectivity index (χ0) is 29.4. The van der Waals surface area contributed by atoms with Gasteiger partial charge in [0.15, 0.2) is 0 Å². The number of halogens is 2. The van der Waals surface area contributed by atoms with Crippen LogP contribution in [0.25, 0.3) is 0 Å². The molecule has 0 aliphatic rings. The third-order valence-corrected chi connectivity index (χ3v) is 8.68. The van der Waals surface area contributed by atoms with Crippen LogP contribution in [-0.4, -0.2) is 51.4 Å². The molecule has 0 heterocycles. The number of carbonyl (C=O) groups is 2. The van der Waals surface area contributed by atoms with Crippen molar-refractivity contribution in [2.45, 2.75) is 38.3 Å². The summed E-state index contributed by atoms with van der Waals surface area (Å²) >= 11 is 9.66. The summed E-state index contributed by atoms with van der Waals surface area (Å²) in [6, 6.07) is 18.8. The highest BCUT2D eigenvalue weighted by molar-refractivity contribution is 9.10. The molecule has 0 radical (unpaired) electrons. The normalized spacial score (nSPS) is 12.1. The number of ether oxygens (including phenoxy) is 1. The molecule has 0 aliphatic heterocycles. The summed E-state index contributed by atoms with van der Waals surface area (Å²) in [5, 5.41) is 3.14. The molecule has 0 aliphatic carbocycles. The molecule has 3 aromatic carbocycles. The van der Waals surface area contributed by atoms with Crippen molar-refractivity contribution in [1.82, 2.24) is 10.2 Å². The van der Waals surface area contributed by atoms with Gasteiger partial charge in [0.2, 0.25) is 11.8 Å². The van der Waals surface area contributed by atoms with Gasteiger partial charge < -0.3 is 15.0 Å². The van der Waals surface area contributed by atoms with Crippen LogP contribution in [-0.2, 0) is 26.2 Å². The fraction of sp³-hybridized carbons (Fsp3) is 0.310. The summed E-state index contributed by atoms with van der Waals surface area (Å²) in [4.78, 5) is 28.4. The third-order valence-electron chi connectivity index (χ3n) is 6.14. The van der Waals surface area contributed by atoms with Crippen molar-refractivity contribution in [3.63, 3.8) is 0 Å². The van der Waals surface area contributed by atoms with Crippen molar-refractivity contribution in [2.24, 2.45) is 5.92 Å². The number of amides is 2. The molecule has 2 amide bonds. The number of benzene rings is 3. The molecular weight excluding hydrogens is 618 g/mol. The molecule has 0 saturated carbocycles. The molecular formula is C29H33BrClN3O5S. The Morgan fingerprint density at radius 3 is 2.25 bits per heavy atom. The van der Waals surface area contributed by atoms with Crippen LogP contribution >= 0.6 is 27.5 Å². The second kappa shape index (κ2) is 14.0. The lowest BCUT2D eigenvalue weighted by atomic mass is 10.1. The Morgan fingerprint density at radius 1 is 1.00 bits per heavy atom. The largest absolute Gasteiger partial charge is 0.495 e. The Bertz CT molecular complexity index is 1420. The summed E-state index contributed by atoms with van der Waals surface area (Å²) < 4.78 is 35.1. The van der Waals surface area contributed by atoms with E-state index in [1.807, 2.05) is 38.1 Å². The van der Waals surface area contributed by atoms with Crippen molar-refractivity contribution < 1.29 is 22.7 Å². The highest BCUT2D eigenvalue weighted by atomic mass is 79.9. The molecule has 3 rings (SSSR count). The van der Waals surface area contributed by atoms with Gasteiger partial charge >= 0.3 is 0 Å². The van der Waals surface area contributed by atoms with E-state index >= 15 is 0 Å². The number of anilines is 1. The standard InChI is InChI=1S/C29H33BrClN3O5S/c1-20(2)17-32-29(36)21(3)33(18-22-10-12-23(30)13-11-22)28(35)19-34(26-16-24(31)14-15-27(26)39-4)40(37,38)25-8-6-5-7-9-25/h5-16,20-21H,17-19H2,1-4H3,(H,32,36). The predicted octanol–water partition coefficient (Wildman–Crippen LogP) is 5.50. The second-order valence-electron chi connectivity index (χ2n) is 9.60. The highest BCUT2D eigenvalue weighted by Crippen LogP contribution is 2.35. The van der Waals surface area contributed by atoms with Gasteiger partial charge in [-0.3, -0.25) is 13.9 Å². The van der Waals surface area contributed by atoms with Gasteiger partial charge in [0, 0.05) is 22.6 Å². The van der Waals surface area contributed by atoms with Crippen LogP contribution < -0.4 is 14.4 Å². The third kappa shape index (κ3) is 7.99. The van der Waals surface area contributed by atoms with Crippen molar-refractivity contribution in [2.75, 3.05) is 24.5 Å². The summed E-state index contributed by atoms with van der Waals surface area (Å²) in [6.45, 7) is 5.52. The molecule has 0 bridgehead atoms. The Kier molecular flexibility index (Phi) is 11.0. The van der Waals surface area contributed by atoms with E-state index in [1.165, 1.54) is 36.3 Å².